The average molecular weight is 220 g/mol. The molecule has 4 heteroatoms. The van der Waals surface area contributed by atoms with Gasteiger partial charge in [-0.05, 0) is 36.6 Å². The molecule has 88 valence electrons. The molecule has 1 saturated heterocycles. The molecule has 0 aromatic carbocycles. The van der Waals surface area contributed by atoms with Crippen LogP contribution in [-0.4, -0.2) is 23.0 Å². The highest BCUT2D eigenvalue weighted by Gasteiger charge is 2.20. The lowest BCUT2D eigenvalue weighted by molar-refractivity contribution is 0.315. The number of pyridine rings is 1. The fraction of sp³-hybridized carbons (Fsp3) is 0.583. The Kier molecular flexibility index (Phi) is 3.74. The van der Waals surface area contributed by atoms with E-state index in [0.717, 1.165) is 18.3 Å². The van der Waals surface area contributed by atoms with Gasteiger partial charge in [0, 0.05) is 19.3 Å². The zero-order valence-electron chi connectivity index (χ0n) is 9.82. The van der Waals surface area contributed by atoms with Crippen molar-refractivity contribution in [1.82, 2.24) is 9.88 Å². The summed E-state index contributed by atoms with van der Waals surface area (Å²) in [5.41, 5.74) is 3.86. The number of hydrazine groups is 1. The Bertz CT molecular complexity index is 340. The Balaban J connectivity index is 1.94. The predicted molar refractivity (Wildman–Crippen MR) is 65.7 cm³/mol. The van der Waals surface area contributed by atoms with E-state index in [-0.39, 0.29) is 0 Å². The van der Waals surface area contributed by atoms with Gasteiger partial charge in [0.1, 0.15) is 5.82 Å². The molecule has 2 heterocycles. The second-order valence-electron chi connectivity index (χ2n) is 4.49. The van der Waals surface area contributed by atoms with Gasteiger partial charge in [0.15, 0.2) is 0 Å². The van der Waals surface area contributed by atoms with Gasteiger partial charge in [0.2, 0.25) is 0 Å². The second kappa shape index (κ2) is 5.27. The zero-order valence-corrected chi connectivity index (χ0v) is 9.82. The van der Waals surface area contributed by atoms with Crippen molar-refractivity contribution in [2.75, 3.05) is 18.5 Å². The van der Waals surface area contributed by atoms with Crippen molar-refractivity contribution in [1.29, 1.82) is 0 Å². The molecule has 1 aliphatic rings. The predicted octanol–water partition coefficient (Wildman–Crippen LogP) is 1.60. The number of nitrogens with zero attached hydrogens (tertiary/aromatic N) is 2. The molecule has 1 aromatic heterocycles. The van der Waals surface area contributed by atoms with E-state index in [9.17, 15) is 0 Å². The Labute approximate surface area is 96.8 Å². The smallest absolute Gasteiger partial charge is 0.140 e. The van der Waals surface area contributed by atoms with Gasteiger partial charge in [-0.1, -0.05) is 13.3 Å². The van der Waals surface area contributed by atoms with Crippen molar-refractivity contribution in [2.45, 2.75) is 26.3 Å². The van der Waals surface area contributed by atoms with Crippen molar-refractivity contribution in [3.8, 4) is 0 Å². The minimum atomic E-state index is 0.740. The Morgan fingerprint density at radius 3 is 3.19 bits per heavy atom. The number of nitrogens with one attached hydrogen (secondary N) is 1. The molecule has 1 fully saturated rings. The Hall–Kier alpha value is -1.13. The lowest BCUT2D eigenvalue weighted by Gasteiger charge is -2.15. The molecule has 0 saturated carbocycles. The number of likely N-dealkylation sites (tertiary alicyclic amines) is 1. The van der Waals surface area contributed by atoms with Crippen LogP contribution in [0.3, 0.4) is 0 Å². The van der Waals surface area contributed by atoms with Crippen LogP contribution in [0.15, 0.2) is 18.3 Å². The van der Waals surface area contributed by atoms with Crippen LogP contribution in [0.4, 0.5) is 5.82 Å². The number of nitrogen functional groups attached to an aromatic ring is 1. The molecule has 1 aromatic rings. The minimum Gasteiger partial charge on any atom is -0.308 e. The van der Waals surface area contributed by atoms with Gasteiger partial charge in [-0.15, -0.1) is 0 Å². The summed E-state index contributed by atoms with van der Waals surface area (Å²) in [5.74, 6) is 6.97. The molecule has 3 N–H and O–H groups in total. The molecule has 0 amide bonds. The van der Waals surface area contributed by atoms with E-state index in [1.807, 2.05) is 6.07 Å². The molecule has 0 radical (unpaired) electrons. The van der Waals surface area contributed by atoms with Crippen LogP contribution in [0.25, 0.3) is 0 Å². The third kappa shape index (κ3) is 2.71. The summed E-state index contributed by atoms with van der Waals surface area (Å²) in [5, 5.41) is 0. The zero-order chi connectivity index (χ0) is 11.4. The number of aromatic nitrogens is 1. The summed E-state index contributed by atoms with van der Waals surface area (Å²) in [6.07, 6.45) is 4.43. The van der Waals surface area contributed by atoms with Gasteiger partial charge >= 0.3 is 0 Å². The van der Waals surface area contributed by atoms with E-state index in [4.69, 9.17) is 5.84 Å². The van der Waals surface area contributed by atoms with Gasteiger partial charge in [0.25, 0.3) is 0 Å². The third-order valence-electron chi connectivity index (χ3n) is 3.33. The maximum Gasteiger partial charge on any atom is 0.140 e. The van der Waals surface area contributed by atoms with E-state index < -0.39 is 0 Å². The average Bonchev–Trinajstić information content (AvgIpc) is 2.77. The summed E-state index contributed by atoms with van der Waals surface area (Å²) in [6, 6.07) is 4.07. The maximum atomic E-state index is 5.34. The lowest BCUT2D eigenvalue weighted by Crippen LogP contribution is -2.20. The molecular weight excluding hydrogens is 200 g/mol. The highest BCUT2D eigenvalue weighted by Crippen LogP contribution is 2.21. The quantitative estimate of drug-likeness (QED) is 0.598. The fourth-order valence-electron chi connectivity index (χ4n) is 2.30. The third-order valence-corrected chi connectivity index (χ3v) is 3.33. The van der Waals surface area contributed by atoms with Gasteiger partial charge in [0.05, 0.1) is 0 Å². The normalized spacial score (nSPS) is 21.2. The van der Waals surface area contributed by atoms with Crippen LogP contribution in [0, 0.1) is 5.92 Å². The lowest BCUT2D eigenvalue weighted by atomic mass is 10.1. The summed E-state index contributed by atoms with van der Waals surface area (Å²) in [4.78, 5) is 6.61. The molecule has 0 spiro atoms. The first-order valence-corrected chi connectivity index (χ1v) is 5.95. The van der Waals surface area contributed by atoms with E-state index in [1.165, 1.54) is 31.5 Å². The Morgan fingerprint density at radius 2 is 2.50 bits per heavy atom. The summed E-state index contributed by atoms with van der Waals surface area (Å²) in [7, 11) is 0. The number of hydrogen-bond donors (Lipinski definition) is 2. The highest BCUT2D eigenvalue weighted by atomic mass is 15.2. The molecular formula is C12H20N4. The van der Waals surface area contributed by atoms with Crippen molar-refractivity contribution < 1.29 is 0 Å². The number of nitrogens with two attached hydrogens (primary N) is 1. The standard InChI is InChI=1S/C12H20N4/c1-2-10-4-6-16(8-10)9-11-3-5-14-12(7-11)15-13/h3,5,7,10H,2,4,6,8-9,13H2,1H3,(H,14,15). The van der Waals surface area contributed by atoms with Crippen LogP contribution < -0.4 is 11.3 Å². The topological polar surface area (TPSA) is 54.2 Å². The van der Waals surface area contributed by atoms with Crippen LogP contribution in [0.5, 0.6) is 0 Å². The number of rotatable bonds is 4. The van der Waals surface area contributed by atoms with Crippen LogP contribution in [0.2, 0.25) is 0 Å². The van der Waals surface area contributed by atoms with Gasteiger partial charge in [-0.2, -0.15) is 0 Å². The maximum absolute atomic E-state index is 5.34. The SMILES string of the molecule is CCC1CCN(Cc2ccnc(NN)c2)C1. The van der Waals surface area contributed by atoms with Crippen LogP contribution >= 0.6 is 0 Å². The molecule has 1 atom stereocenters. The monoisotopic (exact) mass is 220 g/mol. The second-order valence-corrected chi connectivity index (χ2v) is 4.49. The van der Waals surface area contributed by atoms with Crippen molar-refractivity contribution in [2.24, 2.45) is 11.8 Å². The van der Waals surface area contributed by atoms with Gasteiger partial charge in [-0.3, -0.25) is 4.90 Å². The highest BCUT2D eigenvalue weighted by molar-refractivity contribution is 5.35. The summed E-state index contributed by atoms with van der Waals surface area (Å²) in [6.45, 7) is 5.72. The van der Waals surface area contributed by atoms with Crippen LogP contribution in [-0.2, 0) is 6.54 Å². The summed E-state index contributed by atoms with van der Waals surface area (Å²) >= 11 is 0. The van der Waals surface area contributed by atoms with E-state index in [1.54, 1.807) is 6.20 Å². The number of anilines is 1. The molecule has 1 unspecified atom stereocenters. The van der Waals surface area contributed by atoms with Gasteiger partial charge in [-0.25, -0.2) is 10.8 Å². The first-order valence-electron chi connectivity index (χ1n) is 5.95. The largest absolute Gasteiger partial charge is 0.308 e. The first-order chi connectivity index (χ1) is 7.81. The summed E-state index contributed by atoms with van der Waals surface area (Å²) < 4.78 is 0. The number of hydrogen-bond acceptors (Lipinski definition) is 4. The first kappa shape index (κ1) is 11.4. The molecule has 4 nitrogen and oxygen atoms in total. The van der Waals surface area contributed by atoms with Crippen molar-refractivity contribution in [3.63, 3.8) is 0 Å². The van der Waals surface area contributed by atoms with E-state index >= 15 is 0 Å². The molecule has 1 aliphatic heterocycles. The van der Waals surface area contributed by atoms with Crippen molar-refractivity contribution in [3.05, 3.63) is 23.9 Å². The fourth-order valence-corrected chi connectivity index (χ4v) is 2.30. The Morgan fingerprint density at radius 1 is 1.62 bits per heavy atom. The molecule has 2 rings (SSSR count). The molecule has 0 aliphatic carbocycles. The molecule has 0 bridgehead atoms. The van der Waals surface area contributed by atoms with Crippen molar-refractivity contribution >= 4 is 5.82 Å². The molecule has 16 heavy (non-hydrogen) atoms. The minimum absolute atomic E-state index is 0.740. The van der Waals surface area contributed by atoms with Gasteiger partial charge < -0.3 is 5.43 Å². The van der Waals surface area contributed by atoms with Crippen LogP contribution in [0.1, 0.15) is 25.3 Å². The van der Waals surface area contributed by atoms with E-state index in [0.29, 0.717) is 0 Å². The van der Waals surface area contributed by atoms with E-state index in [2.05, 4.69) is 28.3 Å².